The predicted molar refractivity (Wildman–Crippen MR) is 61.7 cm³/mol. The molecule has 0 amide bonds. The number of ether oxygens (including phenoxy) is 1. The quantitative estimate of drug-likeness (QED) is 0.739. The second-order valence-electron chi connectivity index (χ2n) is 4.15. The van der Waals surface area contributed by atoms with Crippen LogP contribution in [0.3, 0.4) is 0 Å². The highest BCUT2D eigenvalue weighted by Gasteiger charge is 2.26. The Morgan fingerprint density at radius 2 is 2.12 bits per heavy atom. The first kappa shape index (κ1) is 13.6. The summed E-state index contributed by atoms with van der Waals surface area (Å²) < 4.78 is 31.5. The third-order valence-electron chi connectivity index (χ3n) is 2.72. The van der Waals surface area contributed by atoms with E-state index < -0.39 is 5.92 Å². The van der Waals surface area contributed by atoms with Crippen molar-refractivity contribution in [1.29, 1.82) is 0 Å². The van der Waals surface area contributed by atoms with Gasteiger partial charge in [0.25, 0.3) is 5.92 Å². The summed E-state index contributed by atoms with van der Waals surface area (Å²) in [5.41, 5.74) is 0.574. The molecule has 1 aromatic rings. The summed E-state index contributed by atoms with van der Waals surface area (Å²) in [7, 11) is 1.48. The number of rotatable bonds is 5. The highest BCUT2D eigenvalue weighted by atomic mass is 19.3. The van der Waals surface area contributed by atoms with E-state index in [9.17, 15) is 13.6 Å². The van der Waals surface area contributed by atoms with E-state index in [1.807, 2.05) is 6.92 Å². The van der Waals surface area contributed by atoms with E-state index in [2.05, 4.69) is 0 Å². The van der Waals surface area contributed by atoms with Crippen LogP contribution in [-0.2, 0) is 10.7 Å². The molecule has 0 saturated carbocycles. The lowest BCUT2D eigenvalue weighted by molar-refractivity contribution is -0.108. The number of carbonyl (C=O) groups is 1. The van der Waals surface area contributed by atoms with Crippen molar-refractivity contribution in [2.45, 2.75) is 32.1 Å². The predicted octanol–water partition coefficient (Wildman–Crippen LogP) is 3.50. The Morgan fingerprint density at radius 3 is 2.59 bits per heavy atom. The van der Waals surface area contributed by atoms with Gasteiger partial charge in [-0.15, -0.1) is 0 Å². The van der Waals surface area contributed by atoms with Crippen LogP contribution >= 0.6 is 0 Å². The lowest BCUT2D eigenvalue weighted by atomic mass is 9.94. The highest BCUT2D eigenvalue weighted by molar-refractivity contribution is 5.53. The van der Waals surface area contributed by atoms with Gasteiger partial charge in [0.15, 0.2) is 0 Å². The molecule has 4 heteroatoms. The summed E-state index contributed by atoms with van der Waals surface area (Å²) in [4.78, 5) is 10.5. The third-order valence-corrected chi connectivity index (χ3v) is 2.72. The minimum absolute atomic E-state index is 0.0638. The first-order chi connectivity index (χ1) is 7.90. The van der Waals surface area contributed by atoms with Crippen LogP contribution in [0.2, 0.25) is 0 Å². The van der Waals surface area contributed by atoms with Gasteiger partial charge in [0, 0.05) is 18.9 Å². The molecule has 1 rings (SSSR count). The molecule has 17 heavy (non-hydrogen) atoms. The van der Waals surface area contributed by atoms with Gasteiger partial charge < -0.3 is 9.53 Å². The Hall–Kier alpha value is -1.45. The second-order valence-corrected chi connectivity index (χ2v) is 4.15. The fourth-order valence-corrected chi connectivity index (χ4v) is 1.66. The van der Waals surface area contributed by atoms with Gasteiger partial charge in [0.05, 0.1) is 7.11 Å². The van der Waals surface area contributed by atoms with Crippen LogP contribution in [-0.4, -0.2) is 13.4 Å². The molecule has 0 aliphatic rings. The zero-order valence-electron chi connectivity index (χ0n) is 10.2. The van der Waals surface area contributed by atoms with Crippen molar-refractivity contribution < 1.29 is 18.3 Å². The number of benzene rings is 1. The second kappa shape index (κ2) is 5.25. The molecule has 94 valence electrons. The van der Waals surface area contributed by atoms with Gasteiger partial charge in [-0.1, -0.05) is 6.92 Å². The molecular formula is C13H16F2O2. The first-order valence-corrected chi connectivity index (χ1v) is 5.40. The highest BCUT2D eigenvalue weighted by Crippen LogP contribution is 2.34. The molecule has 1 aromatic carbocycles. The molecule has 0 aromatic heterocycles. The minimum Gasteiger partial charge on any atom is -0.496 e. The molecule has 0 aliphatic heterocycles. The molecule has 0 bridgehead atoms. The number of methoxy groups -OCH3 is 1. The number of hydrogen-bond donors (Lipinski definition) is 0. The van der Waals surface area contributed by atoms with Crippen molar-refractivity contribution in [3.05, 3.63) is 29.3 Å². The third kappa shape index (κ3) is 3.25. The van der Waals surface area contributed by atoms with E-state index in [1.165, 1.54) is 25.3 Å². The van der Waals surface area contributed by atoms with Crippen molar-refractivity contribution >= 4 is 6.29 Å². The van der Waals surface area contributed by atoms with Crippen LogP contribution in [0.25, 0.3) is 0 Å². The Labute approximate surface area is 99.6 Å². The molecule has 2 nitrogen and oxygen atoms in total. The smallest absolute Gasteiger partial charge is 0.270 e. The van der Waals surface area contributed by atoms with Crippen molar-refractivity contribution in [1.82, 2.24) is 0 Å². The maximum Gasteiger partial charge on any atom is 0.270 e. The van der Waals surface area contributed by atoms with Gasteiger partial charge in [-0.2, -0.15) is 0 Å². The van der Waals surface area contributed by atoms with Crippen molar-refractivity contribution in [3.8, 4) is 5.75 Å². The van der Waals surface area contributed by atoms with Gasteiger partial charge in [-0.3, -0.25) is 0 Å². The molecule has 1 unspecified atom stereocenters. The lowest BCUT2D eigenvalue weighted by Gasteiger charge is -2.17. The molecule has 0 saturated heterocycles. The molecule has 0 aliphatic carbocycles. The van der Waals surface area contributed by atoms with E-state index in [4.69, 9.17) is 4.74 Å². The zero-order chi connectivity index (χ0) is 13.1. The van der Waals surface area contributed by atoms with E-state index >= 15 is 0 Å². The maximum absolute atomic E-state index is 13.2. The molecule has 0 fully saturated rings. The van der Waals surface area contributed by atoms with E-state index in [0.717, 1.165) is 13.2 Å². The topological polar surface area (TPSA) is 26.3 Å². The van der Waals surface area contributed by atoms with E-state index in [0.29, 0.717) is 11.3 Å². The summed E-state index contributed by atoms with van der Waals surface area (Å²) in [5.74, 6) is -2.49. The van der Waals surface area contributed by atoms with Crippen LogP contribution in [0.4, 0.5) is 8.78 Å². The van der Waals surface area contributed by atoms with Crippen LogP contribution in [0, 0.1) is 0 Å². The number of alkyl halides is 2. The fraction of sp³-hybridized carbons (Fsp3) is 0.462. The van der Waals surface area contributed by atoms with Crippen molar-refractivity contribution in [2.24, 2.45) is 0 Å². The minimum atomic E-state index is -2.89. The number of halogens is 2. The Bertz CT molecular complexity index is 397. The van der Waals surface area contributed by atoms with Crippen LogP contribution in [0.5, 0.6) is 5.75 Å². The number of carbonyl (C=O) groups excluding carboxylic acids is 1. The standard InChI is InChI=1S/C13H16F2O2/c1-9(6-7-16)11-8-10(13(2,14)15)4-5-12(11)17-3/h4-5,7-9H,6H2,1-3H3. The molecule has 0 spiro atoms. The summed E-state index contributed by atoms with van der Waals surface area (Å²) >= 11 is 0. The monoisotopic (exact) mass is 242 g/mol. The molecule has 0 radical (unpaired) electrons. The molecular weight excluding hydrogens is 226 g/mol. The number of hydrogen-bond acceptors (Lipinski definition) is 2. The summed E-state index contributed by atoms with van der Waals surface area (Å²) in [6.07, 6.45) is 1.07. The maximum atomic E-state index is 13.2. The van der Waals surface area contributed by atoms with Gasteiger partial charge in [-0.25, -0.2) is 8.78 Å². The molecule has 0 heterocycles. The van der Waals surface area contributed by atoms with Crippen molar-refractivity contribution in [3.63, 3.8) is 0 Å². The normalized spacial score (nSPS) is 13.2. The fourth-order valence-electron chi connectivity index (χ4n) is 1.66. The average Bonchev–Trinajstić information content (AvgIpc) is 2.27. The van der Waals surface area contributed by atoms with Crippen LogP contribution in [0.1, 0.15) is 37.3 Å². The molecule has 1 atom stereocenters. The van der Waals surface area contributed by atoms with Gasteiger partial charge in [0.1, 0.15) is 12.0 Å². The summed E-state index contributed by atoms with van der Waals surface area (Å²) in [5, 5.41) is 0. The SMILES string of the molecule is COc1ccc(C(C)(F)F)cc1C(C)CC=O. The Balaban J connectivity index is 3.19. The zero-order valence-corrected chi connectivity index (χ0v) is 10.2. The summed E-state index contributed by atoms with van der Waals surface area (Å²) in [6, 6.07) is 4.27. The lowest BCUT2D eigenvalue weighted by Crippen LogP contribution is -2.09. The largest absolute Gasteiger partial charge is 0.496 e. The van der Waals surface area contributed by atoms with E-state index in [-0.39, 0.29) is 17.9 Å². The van der Waals surface area contributed by atoms with E-state index in [1.54, 1.807) is 0 Å². The van der Waals surface area contributed by atoms with Crippen molar-refractivity contribution in [2.75, 3.05) is 7.11 Å². The van der Waals surface area contributed by atoms with Crippen LogP contribution in [0.15, 0.2) is 18.2 Å². The number of aldehydes is 1. The Kier molecular flexibility index (Phi) is 4.21. The van der Waals surface area contributed by atoms with Gasteiger partial charge in [0.2, 0.25) is 0 Å². The van der Waals surface area contributed by atoms with Gasteiger partial charge in [-0.05, 0) is 29.7 Å². The Morgan fingerprint density at radius 1 is 1.47 bits per heavy atom. The van der Waals surface area contributed by atoms with Crippen LogP contribution < -0.4 is 4.74 Å². The summed E-state index contributed by atoms with van der Waals surface area (Å²) in [6.45, 7) is 2.66. The first-order valence-electron chi connectivity index (χ1n) is 5.40. The van der Waals surface area contributed by atoms with Gasteiger partial charge >= 0.3 is 0 Å². The average molecular weight is 242 g/mol. The molecule has 0 N–H and O–H groups in total.